The van der Waals surface area contributed by atoms with E-state index in [-0.39, 0.29) is 6.10 Å². The van der Waals surface area contributed by atoms with Gasteiger partial charge in [0.15, 0.2) is 0 Å². The Hall–Kier alpha value is -0.263. The van der Waals surface area contributed by atoms with Gasteiger partial charge in [0.05, 0.1) is 6.10 Å². The summed E-state index contributed by atoms with van der Waals surface area (Å²) in [6.45, 7) is 14.1. The zero-order valence-corrected chi connectivity index (χ0v) is 16.1. The van der Waals surface area contributed by atoms with Gasteiger partial charge in [-0.25, -0.2) is 0 Å². The van der Waals surface area contributed by atoms with Gasteiger partial charge in [-0.2, -0.15) is 0 Å². The minimum atomic E-state index is -1.62. The standard InChI is InChI=1S/C19H36OSi/c1-15(2)21(16(3)4,17(5)6)14-10-13-19(20)18-11-8-7-9-12-18/h15-20H,7-9,11-13H2,1-6H3. The Balaban J connectivity index is 2.76. The molecule has 1 aliphatic carbocycles. The summed E-state index contributed by atoms with van der Waals surface area (Å²) in [5.41, 5.74) is 5.76. The molecule has 1 N–H and O–H groups in total. The van der Waals surface area contributed by atoms with Crippen LogP contribution in [0.25, 0.3) is 0 Å². The van der Waals surface area contributed by atoms with Crippen molar-refractivity contribution >= 4 is 8.07 Å². The van der Waals surface area contributed by atoms with Gasteiger partial charge in [-0.15, -0.1) is 11.5 Å². The first-order chi connectivity index (χ1) is 9.82. The van der Waals surface area contributed by atoms with E-state index in [1.165, 1.54) is 32.1 Å². The molecule has 0 aromatic rings. The fourth-order valence-corrected chi connectivity index (χ4v) is 9.70. The highest BCUT2D eigenvalue weighted by Gasteiger charge is 2.41. The van der Waals surface area contributed by atoms with Crippen LogP contribution in [-0.4, -0.2) is 19.3 Å². The SMILES string of the molecule is CC(C)[Si](C#CCC(O)C1CCCCC1)(C(C)C)C(C)C. The molecule has 1 fully saturated rings. The Kier molecular flexibility index (Phi) is 7.51. The first-order valence-electron chi connectivity index (χ1n) is 9.00. The average molecular weight is 309 g/mol. The van der Waals surface area contributed by atoms with E-state index in [1.807, 2.05) is 0 Å². The Labute approximate surface area is 133 Å². The van der Waals surface area contributed by atoms with Crippen molar-refractivity contribution < 1.29 is 5.11 Å². The molecule has 0 aliphatic heterocycles. The molecular formula is C19H36OSi. The van der Waals surface area contributed by atoms with Crippen molar-refractivity contribution in [3.8, 4) is 11.5 Å². The van der Waals surface area contributed by atoms with Crippen molar-refractivity contribution in [3.05, 3.63) is 0 Å². The normalized spacial score (nSPS) is 19.0. The van der Waals surface area contributed by atoms with Gasteiger partial charge in [0, 0.05) is 6.42 Å². The molecular weight excluding hydrogens is 272 g/mol. The summed E-state index contributed by atoms with van der Waals surface area (Å²) in [4.78, 5) is 0. The molecule has 2 heteroatoms. The number of aliphatic hydroxyl groups is 1. The van der Waals surface area contributed by atoms with Gasteiger partial charge in [-0.05, 0) is 35.4 Å². The first kappa shape index (κ1) is 18.8. The lowest BCUT2D eigenvalue weighted by molar-refractivity contribution is 0.0892. The highest BCUT2D eigenvalue weighted by Crippen LogP contribution is 2.40. The van der Waals surface area contributed by atoms with Crippen molar-refractivity contribution in [2.75, 3.05) is 0 Å². The molecule has 0 spiro atoms. The molecule has 0 heterocycles. The lowest BCUT2D eigenvalue weighted by Gasteiger charge is -2.38. The quantitative estimate of drug-likeness (QED) is 0.522. The number of aliphatic hydroxyl groups excluding tert-OH is 1. The van der Waals surface area contributed by atoms with Crippen molar-refractivity contribution in [2.24, 2.45) is 5.92 Å². The van der Waals surface area contributed by atoms with Gasteiger partial charge in [-0.1, -0.05) is 60.8 Å². The third kappa shape index (κ3) is 4.60. The van der Waals surface area contributed by atoms with Gasteiger partial charge < -0.3 is 5.11 Å². The summed E-state index contributed by atoms with van der Waals surface area (Å²) in [6, 6.07) is 0. The minimum absolute atomic E-state index is 0.198. The van der Waals surface area contributed by atoms with Crippen LogP contribution in [0.4, 0.5) is 0 Å². The van der Waals surface area contributed by atoms with Crippen LogP contribution >= 0.6 is 0 Å². The van der Waals surface area contributed by atoms with Crippen LogP contribution in [-0.2, 0) is 0 Å². The largest absolute Gasteiger partial charge is 0.392 e. The maximum Gasteiger partial charge on any atom is 0.145 e. The minimum Gasteiger partial charge on any atom is -0.392 e. The van der Waals surface area contributed by atoms with E-state index < -0.39 is 8.07 Å². The van der Waals surface area contributed by atoms with Crippen LogP contribution in [0.2, 0.25) is 16.6 Å². The second-order valence-corrected chi connectivity index (χ2v) is 13.4. The van der Waals surface area contributed by atoms with Crippen molar-refractivity contribution in [2.45, 2.75) is 103 Å². The summed E-state index contributed by atoms with van der Waals surface area (Å²) in [5.74, 6) is 3.93. The summed E-state index contributed by atoms with van der Waals surface area (Å²) in [5, 5.41) is 10.4. The lowest BCUT2D eigenvalue weighted by Crippen LogP contribution is -2.43. The summed E-state index contributed by atoms with van der Waals surface area (Å²) < 4.78 is 0. The van der Waals surface area contributed by atoms with Crippen LogP contribution in [0.15, 0.2) is 0 Å². The highest BCUT2D eigenvalue weighted by molar-refractivity contribution is 6.90. The second kappa shape index (κ2) is 8.39. The Morgan fingerprint density at radius 2 is 1.38 bits per heavy atom. The fourth-order valence-electron chi connectivity index (χ4n) is 4.43. The van der Waals surface area contributed by atoms with Crippen LogP contribution in [0.3, 0.4) is 0 Å². The smallest absolute Gasteiger partial charge is 0.145 e. The first-order valence-corrected chi connectivity index (χ1v) is 11.2. The maximum absolute atomic E-state index is 10.4. The Morgan fingerprint density at radius 3 is 1.81 bits per heavy atom. The monoisotopic (exact) mass is 308 g/mol. The molecule has 0 aromatic heterocycles. The molecule has 21 heavy (non-hydrogen) atoms. The summed E-state index contributed by atoms with van der Waals surface area (Å²) in [7, 11) is -1.62. The maximum atomic E-state index is 10.4. The third-order valence-electron chi connectivity index (χ3n) is 5.68. The molecule has 1 atom stereocenters. The Morgan fingerprint density at radius 1 is 0.905 bits per heavy atom. The lowest BCUT2D eigenvalue weighted by atomic mass is 9.84. The van der Waals surface area contributed by atoms with E-state index in [9.17, 15) is 5.11 Å². The van der Waals surface area contributed by atoms with Gasteiger partial charge in [0.2, 0.25) is 0 Å². The predicted molar refractivity (Wildman–Crippen MR) is 96.0 cm³/mol. The number of hydrogen-bond acceptors (Lipinski definition) is 1. The number of rotatable bonds is 5. The second-order valence-electron chi connectivity index (χ2n) is 7.87. The summed E-state index contributed by atoms with van der Waals surface area (Å²) in [6.07, 6.45) is 6.81. The molecule has 122 valence electrons. The molecule has 1 saturated carbocycles. The van der Waals surface area contributed by atoms with E-state index >= 15 is 0 Å². The predicted octanol–water partition coefficient (Wildman–Crippen LogP) is 5.54. The zero-order chi connectivity index (χ0) is 16.0. The molecule has 0 bridgehead atoms. The van der Waals surface area contributed by atoms with Gasteiger partial charge in [0.25, 0.3) is 0 Å². The molecule has 0 amide bonds. The summed E-state index contributed by atoms with van der Waals surface area (Å²) >= 11 is 0. The van der Waals surface area contributed by atoms with Crippen molar-refractivity contribution in [1.82, 2.24) is 0 Å². The average Bonchev–Trinajstić information content (AvgIpc) is 2.43. The molecule has 1 unspecified atom stereocenters. The van der Waals surface area contributed by atoms with E-state index in [1.54, 1.807) is 0 Å². The van der Waals surface area contributed by atoms with E-state index in [2.05, 4.69) is 53.0 Å². The molecule has 0 saturated heterocycles. The van der Waals surface area contributed by atoms with Crippen LogP contribution in [0.5, 0.6) is 0 Å². The van der Waals surface area contributed by atoms with Gasteiger partial charge in [-0.3, -0.25) is 0 Å². The highest BCUT2D eigenvalue weighted by atomic mass is 28.3. The molecule has 1 aliphatic rings. The fraction of sp³-hybridized carbons (Fsp3) is 0.895. The van der Waals surface area contributed by atoms with Crippen LogP contribution in [0.1, 0.15) is 80.1 Å². The molecule has 1 nitrogen and oxygen atoms in total. The molecule has 1 rings (SSSR count). The third-order valence-corrected chi connectivity index (χ3v) is 12.0. The van der Waals surface area contributed by atoms with Crippen LogP contribution < -0.4 is 0 Å². The molecule has 0 radical (unpaired) electrons. The van der Waals surface area contributed by atoms with Crippen LogP contribution in [0, 0.1) is 17.4 Å². The zero-order valence-electron chi connectivity index (χ0n) is 15.1. The van der Waals surface area contributed by atoms with E-state index in [4.69, 9.17) is 0 Å². The molecule has 0 aromatic carbocycles. The van der Waals surface area contributed by atoms with Crippen molar-refractivity contribution in [1.29, 1.82) is 0 Å². The van der Waals surface area contributed by atoms with Crippen molar-refractivity contribution in [3.63, 3.8) is 0 Å². The topological polar surface area (TPSA) is 20.2 Å². The van der Waals surface area contributed by atoms with Gasteiger partial charge in [0.1, 0.15) is 8.07 Å². The van der Waals surface area contributed by atoms with E-state index in [0.717, 1.165) is 0 Å². The van der Waals surface area contributed by atoms with Gasteiger partial charge >= 0.3 is 0 Å². The Bertz CT molecular complexity index is 334. The number of hydrogen-bond donors (Lipinski definition) is 1. The van der Waals surface area contributed by atoms with E-state index in [0.29, 0.717) is 29.0 Å².